The normalized spacial score (nSPS) is 19.0. The molecule has 2 heterocycles. The topological polar surface area (TPSA) is 55.6 Å². The maximum atomic E-state index is 12.7. The summed E-state index contributed by atoms with van der Waals surface area (Å²) < 4.78 is 11.0. The van der Waals surface area contributed by atoms with E-state index in [9.17, 15) is 4.79 Å². The Hall–Kier alpha value is -2.14. The van der Waals surface area contributed by atoms with Crippen molar-refractivity contribution in [3.8, 4) is 0 Å². The van der Waals surface area contributed by atoms with Gasteiger partial charge in [0.25, 0.3) is 5.91 Å². The summed E-state index contributed by atoms with van der Waals surface area (Å²) in [4.78, 5) is 14.5. The molecule has 1 aromatic carbocycles. The van der Waals surface area contributed by atoms with Gasteiger partial charge in [-0.2, -0.15) is 0 Å². The Balaban J connectivity index is 1.72. The summed E-state index contributed by atoms with van der Waals surface area (Å²) in [6, 6.07) is 10.1. The van der Waals surface area contributed by atoms with E-state index in [2.05, 4.69) is 17.3 Å². The van der Waals surface area contributed by atoms with Gasteiger partial charge in [-0.25, -0.2) is 0 Å². The van der Waals surface area contributed by atoms with Crippen LogP contribution < -0.4 is 0 Å². The van der Waals surface area contributed by atoms with Crippen molar-refractivity contribution < 1.29 is 14.1 Å². The smallest absolute Gasteiger partial charge is 0.259 e. The van der Waals surface area contributed by atoms with Crippen LogP contribution in [0.1, 0.15) is 39.9 Å². The van der Waals surface area contributed by atoms with Crippen LogP contribution in [0.5, 0.6) is 0 Å². The van der Waals surface area contributed by atoms with Crippen molar-refractivity contribution in [2.75, 3.05) is 19.7 Å². The van der Waals surface area contributed by atoms with E-state index in [0.29, 0.717) is 36.7 Å². The first-order valence-corrected chi connectivity index (χ1v) is 7.55. The molecule has 3 rings (SSSR count). The molecule has 1 atom stereocenters. The molecule has 1 aromatic heterocycles. The molecule has 1 aliphatic rings. The van der Waals surface area contributed by atoms with Gasteiger partial charge in [-0.1, -0.05) is 35.5 Å². The number of hydrogen-bond donors (Lipinski definition) is 0. The van der Waals surface area contributed by atoms with E-state index in [1.807, 2.05) is 23.1 Å². The van der Waals surface area contributed by atoms with Gasteiger partial charge < -0.3 is 14.2 Å². The zero-order valence-corrected chi connectivity index (χ0v) is 12.9. The van der Waals surface area contributed by atoms with Crippen molar-refractivity contribution in [1.82, 2.24) is 10.1 Å². The molecule has 22 heavy (non-hydrogen) atoms. The Labute approximate surface area is 129 Å². The fraction of sp³-hybridized carbons (Fsp3) is 0.412. The Morgan fingerprint density at radius 3 is 2.68 bits per heavy atom. The number of carbonyl (C=O) groups excluding carboxylic acids is 1. The second-order valence-corrected chi connectivity index (χ2v) is 5.55. The number of carbonyl (C=O) groups is 1. The van der Waals surface area contributed by atoms with Gasteiger partial charge in [0.05, 0.1) is 18.4 Å². The number of ether oxygens (including phenoxy) is 1. The molecular formula is C17H20N2O3. The maximum absolute atomic E-state index is 12.7. The molecule has 0 saturated carbocycles. The minimum Gasteiger partial charge on any atom is -0.372 e. The molecule has 1 fully saturated rings. The minimum atomic E-state index is -0.0199. The second kappa shape index (κ2) is 6.32. The van der Waals surface area contributed by atoms with Crippen LogP contribution in [0, 0.1) is 13.8 Å². The van der Waals surface area contributed by atoms with Gasteiger partial charge in [-0.15, -0.1) is 0 Å². The lowest BCUT2D eigenvalue weighted by molar-refractivity contribution is 0.0584. The molecule has 1 aliphatic heterocycles. The summed E-state index contributed by atoms with van der Waals surface area (Å²) in [6.45, 7) is 5.36. The van der Waals surface area contributed by atoms with Gasteiger partial charge in [0.15, 0.2) is 0 Å². The largest absolute Gasteiger partial charge is 0.372 e. The zero-order valence-electron chi connectivity index (χ0n) is 12.9. The van der Waals surface area contributed by atoms with Crippen LogP contribution in [0.3, 0.4) is 0 Å². The first-order chi connectivity index (χ1) is 10.7. The number of hydrogen-bond acceptors (Lipinski definition) is 4. The standard InChI is InChI=1S/C17H20N2O3/c1-12-16(13(2)22-18-12)17(20)19-9-8-15(21-11-10-19)14-6-4-3-5-7-14/h3-7,15H,8-11H2,1-2H3. The van der Waals surface area contributed by atoms with Crippen molar-refractivity contribution in [1.29, 1.82) is 0 Å². The third-order valence-corrected chi connectivity index (χ3v) is 4.05. The van der Waals surface area contributed by atoms with Crippen LogP contribution in [-0.2, 0) is 4.74 Å². The fourth-order valence-corrected chi connectivity index (χ4v) is 2.85. The summed E-state index contributed by atoms with van der Waals surface area (Å²) in [5, 5.41) is 3.86. The lowest BCUT2D eigenvalue weighted by Gasteiger charge is -2.19. The molecule has 0 aliphatic carbocycles. The van der Waals surface area contributed by atoms with E-state index in [0.717, 1.165) is 12.0 Å². The van der Waals surface area contributed by atoms with E-state index >= 15 is 0 Å². The highest BCUT2D eigenvalue weighted by Gasteiger charge is 2.26. The van der Waals surface area contributed by atoms with Crippen molar-refractivity contribution >= 4 is 5.91 Å². The van der Waals surface area contributed by atoms with E-state index in [4.69, 9.17) is 9.26 Å². The Morgan fingerprint density at radius 1 is 1.23 bits per heavy atom. The third kappa shape index (κ3) is 2.90. The van der Waals surface area contributed by atoms with Crippen molar-refractivity contribution in [2.24, 2.45) is 0 Å². The van der Waals surface area contributed by atoms with E-state index < -0.39 is 0 Å². The van der Waals surface area contributed by atoms with Crippen LogP contribution >= 0.6 is 0 Å². The first-order valence-electron chi connectivity index (χ1n) is 7.55. The molecule has 0 bridgehead atoms. The lowest BCUT2D eigenvalue weighted by atomic mass is 10.1. The highest BCUT2D eigenvalue weighted by molar-refractivity contribution is 5.96. The summed E-state index contributed by atoms with van der Waals surface area (Å²) in [7, 11) is 0. The van der Waals surface area contributed by atoms with Gasteiger partial charge in [0.2, 0.25) is 0 Å². The van der Waals surface area contributed by atoms with E-state index in [1.54, 1.807) is 13.8 Å². The monoisotopic (exact) mass is 300 g/mol. The molecule has 0 N–H and O–H groups in total. The highest BCUT2D eigenvalue weighted by Crippen LogP contribution is 2.25. The highest BCUT2D eigenvalue weighted by atomic mass is 16.5. The summed E-state index contributed by atoms with van der Waals surface area (Å²) in [6.07, 6.45) is 0.836. The van der Waals surface area contributed by atoms with Crippen LogP contribution in [0.4, 0.5) is 0 Å². The average molecular weight is 300 g/mol. The van der Waals surface area contributed by atoms with Crippen molar-refractivity contribution in [3.05, 3.63) is 52.9 Å². The molecule has 0 radical (unpaired) electrons. The summed E-state index contributed by atoms with van der Waals surface area (Å²) >= 11 is 0. The van der Waals surface area contributed by atoms with E-state index in [1.165, 1.54) is 0 Å². The fourth-order valence-electron chi connectivity index (χ4n) is 2.85. The molecule has 0 spiro atoms. The number of aryl methyl sites for hydroxylation is 2. The van der Waals surface area contributed by atoms with Gasteiger partial charge in [-0.3, -0.25) is 4.79 Å². The maximum Gasteiger partial charge on any atom is 0.259 e. The van der Waals surface area contributed by atoms with Gasteiger partial charge in [0, 0.05) is 13.1 Å². The van der Waals surface area contributed by atoms with Crippen molar-refractivity contribution in [2.45, 2.75) is 26.4 Å². The average Bonchev–Trinajstić information content (AvgIpc) is 2.76. The number of nitrogens with zero attached hydrogens (tertiary/aromatic N) is 2. The summed E-state index contributed by atoms with van der Waals surface area (Å²) in [5.74, 6) is 0.556. The molecule has 5 nitrogen and oxygen atoms in total. The molecule has 1 unspecified atom stereocenters. The van der Waals surface area contributed by atoms with Crippen LogP contribution in [0.2, 0.25) is 0 Å². The lowest BCUT2D eigenvalue weighted by Crippen LogP contribution is -2.33. The van der Waals surface area contributed by atoms with Crippen molar-refractivity contribution in [3.63, 3.8) is 0 Å². The van der Waals surface area contributed by atoms with Crippen LogP contribution in [-0.4, -0.2) is 35.7 Å². The number of benzene rings is 1. The Morgan fingerprint density at radius 2 is 2.00 bits per heavy atom. The zero-order chi connectivity index (χ0) is 15.5. The minimum absolute atomic E-state index is 0.0199. The Bertz CT molecular complexity index is 632. The van der Waals surface area contributed by atoms with Gasteiger partial charge >= 0.3 is 0 Å². The van der Waals surface area contributed by atoms with Crippen LogP contribution in [0.15, 0.2) is 34.9 Å². The third-order valence-electron chi connectivity index (χ3n) is 4.05. The Kier molecular flexibility index (Phi) is 4.24. The molecular weight excluding hydrogens is 280 g/mol. The molecule has 1 saturated heterocycles. The first kappa shape index (κ1) is 14.8. The number of rotatable bonds is 2. The molecule has 1 amide bonds. The predicted molar refractivity (Wildman–Crippen MR) is 81.6 cm³/mol. The van der Waals surface area contributed by atoms with Crippen LogP contribution in [0.25, 0.3) is 0 Å². The molecule has 5 heteroatoms. The van der Waals surface area contributed by atoms with E-state index in [-0.39, 0.29) is 12.0 Å². The predicted octanol–water partition coefficient (Wildman–Crippen LogP) is 2.90. The van der Waals surface area contributed by atoms with Gasteiger partial charge in [-0.05, 0) is 25.8 Å². The molecule has 116 valence electrons. The quantitative estimate of drug-likeness (QED) is 0.855. The van der Waals surface area contributed by atoms with Gasteiger partial charge in [0.1, 0.15) is 11.3 Å². The number of aromatic nitrogens is 1. The number of amides is 1. The molecule has 2 aromatic rings. The summed E-state index contributed by atoms with van der Waals surface area (Å²) in [5.41, 5.74) is 2.39. The second-order valence-electron chi connectivity index (χ2n) is 5.55. The SMILES string of the molecule is Cc1noc(C)c1C(=O)N1CCOC(c2ccccc2)CC1.